The van der Waals surface area contributed by atoms with Gasteiger partial charge in [-0.15, -0.1) is 24.0 Å². The van der Waals surface area contributed by atoms with E-state index in [0.717, 1.165) is 57.3 Å². The van der Waals surface area contributed by atoms with E-state index in [1.54, 1.807) is 0 Å². The molecule has 1 aromatic carbocycles. The second-order valence-corrected chi connectivity index (χ2v) is 7.67. The smallest absolute Gasteiger partial charge is 0.191 e. The van der Waals surface area contributed by atoms with Gasteiger partial charge in [-0.2, -0.15) is 0 Å². The van der Waals surface area contributed by atoms with E-state index in [4.69, 9.17) is 4.99 Å². The van der Waals surface area contributed by atoms with Crippen molar-refractivity contribution >= 4 is 29.9 Å². The maximum absolute atomic E-state index is 4.84. The van der Waals surface area contributed by atoms with E-state index in [9.17, 15) is 0 Å². The fourth-order valence-corrected chi connectivity index (χ4v) is 3.73. The molecule has 0 saturated carbocycles. The second-order valence-electron chi connectivity index (χ2n) is 7.67. The summed E-state index contributed by atoms with van der Waals surface area (Å²) in [5.74, 6) is 0.861. The number of nitrogens with one attached hydrogen (secondary N) is 2. The molecular weight excluding hydrogens is 499 g/mol. The van der Waals surface area contributed by atoms with Gasteiger partial charge < -0.3 is 15.5 Å². The van der Waals surface area contributed by atoms with Gasteiger partial charge in [0.25, 0.3) is 0 Å². The molecule has 3 rings (SSSR count). The minimum atomic E-state index is 0. The lowest BCUT2D eigenvalue weighted by atomic mass is 10.1. The van der Waals surface area contributed by atoms with Crippen molar-refractivity contribution in [2.45, 2.75) is 33.4 Å². The lowest BCUT2D eigenvalue weighted by Gasteiger charge is -2.34. The molecule has 2 N–H and O–H groups in total. The van der Waals surface area contributed by atoms with E-state index in [0.29, 0.717) is 6.54 Å². The van der Waals surface area contributed by atoms with Gasteiger partial charge >= 0.3 is 0 Å². The van der Waals surface area contributed by atoms with Gasteiger partial charge in [-0.25, -0.2) is 4.99 Å². The quantitative estimate of drug-likeness (QED) is 0.293. The minimum absolute atomic E-state index is 0. The molecule has 0 atom stereocenters. The topological polar surface area (TPSA) is 55.8 Å². The Labute approximate surface area is 204 Å². The number of nitrogens with zero attached hydrogens (tertiary/aromatic N) is 4. The van der Waals surface area contributed by atoms with E-state index in [-0.39, 0.29) is 24.0 Å². The molecular formula is C24H37IN6. The zero-order valence-electron chi connectivity index (χ0n) is 18.9. The normalized spacial score (nSPS) is 15.4. The molecule has 1 aliphatic rings. The van der Waals surface area contributed by atoms with Crippen molar-refractivity contribution in [1.29, 1.82) is 0 Å². The van der Waals surface area contributed by atoms with Crippen molar-refractivity contribution in [1.82, 2.24) is 25.4 Å². The molecule has 6 nitrogen and oxygen atoms in total. The number of pyridine rings is 1. The van der Waals surface area contributed by atoms with E-state index < -0.39 is 0 Å². The fourth-order valence-electron chi connectivity index (χ4n) is 3.73. The van der Waals surface area contributed by atoms with Gasteiger partial charge in [-0.1, -0.05) is 37.3 Å². The second kappa shape index (κ2) is 14.4. The molecule has 1 aromatic heterocycles. The Morgan fingerprint density at radius 2 is 1.65 bits per heavy atom. The highest BCUT2D eigenvalue weighted by atomic mass is 127. The monoisotopic (exact) mass is 536 g/mol. The molecule has 7 heteroatoms. The first-order chi connectivity index (χ1) is 14.8. The van der Waals surface area contributed by atoms with Gasteiger partial charge in [-0.05, 0) is 36.7 Å². The van der Waals surface area contributed by atoms with Crippen LogP contribution in [0, 0.1) is 0 Å². The van der Waals surface area contributed by atoms with Gasteiger partial charge in [0.2, 0.25) is 0 Å². The number of aliphatic imine (C=N–C) groups is 1. The first kappa shape index (κ1) is 25.5. The molecule has 0 spiro atoms. The van der Waals surface area contributed by atoms with Gasteiger partial charge in [0, 0.05) is 64.1 Å². The average Bonchev–Trinajstić information content (AvgIpc) is 2.79. The molecule has 2 heterocycles. The maximum atomic E-state index is 4.84. The summed E-state index contributed by atoms with van der Waals surface area (Å²) in [6.07, 6.45) is 2.72. The van der Waals surface area contributed by atoms with E-state index in [1.165, 1.54) is 24.2 Å². The lowest BCUT2D eigenvalue weighted by molar-refractivity contribution is 0.131. The van der Waals surface area contributed by atoms with Crippen LogP contribution in [0.15, 0.2) is 53.7 Å². The van der Waals surface area contributed by atoms with Gasteiger partial charge in [-0.3, -0.25) is 9.88 Å². The zero-order chi connectivity index (χ0) is 21.0. The van der Waals surface area contributed by atoms with Gasteiger partial charge in [0.1, 0.15) is 0 Å². The van der Waals surface area contributed by atoms with Crippen LogP contribution in [0.2, 0.25) is 0 Å². The molecule has 2 aromatic rings. The third kappa shape index (κ3) is 8.74. The summed E-state index contributed by atoms with van der Waals surface area (Å²) in [5.41, 5.74) is 3.78. The third-order valence-corrected chi connectivity index (χ3v) is 5.58. The molecule has 0 unspecified atom stereocenters. The first-order valence-electron chi connectivity index (χ1n) is 11.2. The van der Waals surface area contributed by atoms with Crippen molar-refractivity contribution in [2.75, 3.05) is 45.8 Å². The van der Waals surface area contributed by atoms with Crippen LogP contribution in [-0.2, 0) is 19.5 Å². The van der Waals surface area contributed by atoms with Crippen molar-refractivity contribution in [3.05, 3.63) is 65.5 Å². The fraction of sp³-hybridized carbons (Fsp3) is 0.500. The molecule has 0 radical (unpaired) electrons. The highest BCUT2D eigenvalue weighted by molar-refractivity contribution is 14.0. The van der Waals surface area contributed by atoms with Crippen molar-refractivity contribution in [2.24, 2.45) is 4.99 Å². The number of guanidine groups is 1. The molecule has 0 aliphatic carbocycles. The largest absolute Gasteiger partial charge is 0.357 e. The summed E-state index contributed by atoms with van der Waals surface area (Å²) >= 11 is 0. The number of hydrogen-bond donors (Lipinski definition) is 2. The number of hydrogen-bond acceptors (Lipinski definition) is 4. The number of likely N-dealkylation sites (N-methyl/N-ethyl adjacent to an activating group) is 1. The maximum Gasteiger partial charge on any atom is 0.191 e. The standard InChI is InChI=1S/C24H36N6.HI/c1-3-25-24(27-14-12-23-11-7-8-13-26-23)28-19-21-9-5-6-10-22(21)20-30-17-15-29(4-2)16-18-30;/h5-11,13H,3-4,12,14-20H2,1-2H3,(H2,25,27,28);1H. The Morgan fingerprint density at radius 1 is 0.935 bits per heavy atom. The Morgan fingerprint density at radius 3 is 2.32 bits per heavy atom. The molecule has 1 fully saturated rings. The lowest BCUT2D eigenvalue weighted by Crippen LogP contribution is -2.45. The summed E-state index contributed by atoms with van der Waals surface area (Å²) in [5, 5.41) is 6.79. The number of halogens is 1. The van der Waals surface area contributed by atoms with Crippen LogP contribution in [0.3, 0.4) is 0 Å². The highest BCUT2D eigenvalue weighted by Crippen LogP contribution is 2.14. The zero-order valence-corrected chi connectivity index (χ0v) is 21.2. The number of aromatic nitrogens is 1. The number of rotatable bonds is 9. The summed E-state index contributed by atoms with van der Waals surface area (Å²) in [4.78, 5) is 14.3. The Bertz CT molecular complexity index is 775. The minimum Gasteiger partial charge on any atom is -0.357 e. The highest BCUT2D eigenvalue weighted by Gasteiger charge is 2.16. The summed E-state index contributed by atoms with van der Waals surface area (Å²) in [7, 11) is 0. The van der Waals surface area contributed by atoms with Crippen LogP contribution >= 0.6 is 24.0 Å². The van der Waals surface area contributed by atoms with Crippen LogP contribution < -0.4 is 10.6 Å². The first-order valence-corrected chi connectivity index (χ1v) is 11.2. The molecule has 0 amide bonds. The van der Waals surface area contributed by atoms with Gasteiger partial charge in [0.05, 0.1) is 6.54 Å². The Kier molecular flexibility index (Phi) is 11.8. The van der Waals surface area contributed by atoms with E-state index in [2.05, 4.69) is 69.6 Å². The van der Waals surface area contributed by atoms with Crippen molar-refractivity contribution in [3.8, 4) is 0 Å². The number of benzene rings is 1. The SMILES string of the molecule is CCNC(=NCc1ccccc1CN1CCN(CC)CC1)NCCc1ccccn1.I. The van der Waals surface area contributed by atoms with Crippen molar-refractivity contribution in [3.63, 3.8) is 0 Å². The predicted molar refractivity (Wildman–Crippen MR) is 140 cm³/mol. The van der Waals surface area contributed by atoms with Gasteiger partial charge in [0.15, 0.2) is 5.96 Å². The molecule has 0 bridgehead atoms. The van der Waals surface area contributed by atoms with Crippen LogP contribution in [0.1, 0.15) is 30.7 Å². The predicted octanol–water partition coefficient (Wildman–Crippen LogP) is 3.13. The molecule has 1 aliphatic heterocycles. The third-order valence-electron chi connectivity index (χ3n) is 5.58. The molecule has 31 heavy (non-hydrogen) atoms. The molecule has 1 saturated heterocycles. The van der Waals surface area contributed by atoms with Crippen LogP contribution in [0.5, 0.6) is 0 Å². The summed E-state index contributed by atoms with van der Waals surface area (Å²) in [6, 6.07) is 14.7. The van der Waals surface area contributed by atoms with Crippen molar-refractivity contribution < 1.29 is 0 Å². The Balaban J connectivity index is 0.00000341. The summed E-state index contributed by atoms with van der Waals surface area (Å²) < 4.78 is 0. The molecule has 170 valence electrons. The van der Waals surface area contributed by atoms with E-state index >= 15 is 0 Å². The average molecular weight is 537 g/mol. The van der Waals surface area contributed by atoms with E-state index in [1.807, 2.05) is 18.3 Å². The number of piperazine rings is 1. The Hall–Kier alpha value is -1.71. The van der Waals surface area contributed by atoms with Crippen LogP contribution in [0.4, 0.5) is 0 Å². The van der Waals surface area contributed by atoms with Crippen LogP contribution in [0.25, 0.3) is 0 Å². The summed E-state index contributed by atoms with van der Waals surface area (Å²) in [6.45, 7) is 13.5. The van der Waals surface area contributed by atoms with Crippen LogP contribution in [-0.4, -0.2) is 66.6 Å².